The zero-order valence-corrected chi connectivity index (χ0v) is 11.4. The van der Waals surface area contributed by atoms with Crippen LogP contribution in [0, 0.1) is 0 Å². The van der Waals surface area contributed by atoms with E-state index in [1.54, 1.807) is 0 Å². The van der Waals surface area contributed by atoms with E-state index in [9.17, 15) is 13.2 Å². The summed E-state index contributed by atoms with van der Waals surface area (Å²) in [5, 5.41) is 3.21. The van der Waals surface area contributed by atoms with Gasteiger partial charge in [-0.25, -0.2) is 9.97 Å². The average Bonchev–Trinajstić information content (AvgIpc) is 2.82. The summed E-state index contributed by atoms with van der Waals surface area (Å²) in [5.41, 5.74) is 2.03. The highest BCUT2D eigenvalue weighted by Crippen LogP contribution is 2.26. The Morgan fingerprint density at radius 2 is 2.05 bits per heavy atom. The van der Waals surface area contributed by atoms with Crippen molar-refractivity contribution < 1.29 is 17.9 Å². The molecule has 0 amide bonds. The Bertz CT molecular complexity index is 463. The van der Waals surface area contributed by atoms with E-state index in [1.165, 1.54) is 0 Å². The van der Waals surface area contributed by atoms with Gasteiger partial charge < -0.3 is 10.1 Å². The zero-order chi connectivity index (χ0) is 14.6. The van der Waals surface area contributed by atoms with Crippen molar-refractivity contribution >= 4 is 5.82 Å². The molecule has 1 aliphatic rings. The first-order valence-corrected chi connectivity index (χ1v) is 6.76. The summed E-state index contributed by atoms with van der Waals surface area (Å²) in [6.07, 6.45) is -0.577. The van der Waals surface area contributed by atoms with Gasteiger partial charge in [0, 0.05) is 17.8 Å². The van der Waals surface area contributed by atoms with Crippen LogP contribution >= 0.6 is 0 Å². The first-order chi connectivity index (χ1) is 9.49. The van der Waals surface area contributed by atoms with Crippen molar-refractivity contribution in [2.75, 3.05) is 18.5 Å². The monoisotopic (exact) mass is 289 g/mol. The van der Waals surface area contributed by atoms with Gasteiger partial charge in [0.25, 0.3) is 0 Å². The number of rotatable bonds is 6. The summed E-state index contributed by atoms with van der Waals surface area (Å²) in [6, 6.07) is 0. The smallest absolute Gasteiger partial charge is 0.370 e. The molecule has 7 heteroatoms. The number of ether oxygens (including phenoxy) is 1. The van der Waals surface area contributed by atoms with Crippen LogP contribution in [0.15, 0.2) is 0 Å². The Hall–Kier alpha value is -1.37. The Labute approximate surface area is 115 Å². The molecule has 112 valence electrons. The first-order valence-electron chi connectivity index (χ1n) is 6.76. The number of aromatic nitrogens is 2. The number of nitrogens with zero attached hydrogens (tertiary/aromatic N) is 2. The van der Waals surface area contributed by atoms with E-state index in [1.807, 2.05) is 6.92 Å². The zero-order valence-electron chi connectivity index (χ0n) is 11.4. The van der Waals surface area contributed by atoms with Crippen molar-refractivity contribution in [3.05, 3.63) is 17.1 Å². The quantitative estimate of drug-likeness (QED) is 0.874. The van der Waals surface area contributed by atoms with Gasteiger partial charge in [-0.2, -0.15) is 13.2 Å². The maximum absolute atomic E-state index is 12.0. The van der Waals surface area contributed by atoms with Crippen LogP contribution in [0.1, 0.15) is 36.8 Å². The molecule has 1 N–H and O–H groups in total. The summed E-state index contributed by atoms with van der Waals surface area (Å²) in [7, 11) is 0. The molecule has 1 heterocycles. The van der Waals surface area contributed by atoms with Gasteiger partial charge in [0.15, 0.2) is 5.82 Å². The standard InChI is InChI=1S/C13H18F3N3O/c1-2-6-17-12-9-4-3-5-10(9)18-11(19-12)7-20-8-13(14,15)16/h2-8H2,1H3,(H,17,18,19). The normalized spacial score (nSPS) is 14.4. The molecule has 1 aliphatic carbocycles. The highest BCUT2D eigenvalue weighted by atomic mass is 19.4. The first kappa shape index (κ1) is 15.0. The molecular formula is C13H18F3N3O. The third kappa shape index (κ3) is 4.06. The highest BCUT2D eigenvalue weighted by molar-refractivity contribution is 5.48. The van der Waals surface area contributed by atoms with E-state index in [-0.39, 0.29) is 6.61 Å². The van der Waals surface area contributed by atoms with E-state index in [4.69, 9.17) is 0 Å². The van der Waals surface area contributed by atoms with Crippen molar-refractivity contribution in [1.82, 2.24) is 9.97 Å². The van der Waals surface area contributed by atoms with Gasteiger partial charge in [-0.05, 0) is 25.7 Å². The van der Waals surface area contributed by atoms with Crippen LogP contribution < -0.4 is 5.32 Å². The van der Waals surface area contributed by atoms with Crippen molar-refractivity contribution in [1.29, 1.82) is 0 Å². The lowest BCUT2D eigenvalue weighted by molar-refractivity contribution is -0.177. The minimum Gasteiger partial charge on any atom is -0.370 e. The molecule has 0 saturated heterocycles. The number of halogens is 3. The molecule has 0 unspecified atom stereocenters. The Kier molecular flexibility index (Phi) is 4.80. The number of fused-ring (bicyclic) bond motifs is 1. The number of nitrogens with one attached hydrogen (secondary N) is 1. The third-order valence-electron chi connectivity index (χ3n) is 3.02. The van der Waals surface area contributed by atoms with E-state index in [0.717, 1.165) is 49.3 Å². The van der Waals surface area contributed by atoms with E-state index < -0.39 is 12.8 Å². The molecule has 1 aromatic heterocycles. The van der Waals surface area contributed by atoms with Gasteiger partial charge in [-0.15, -0.1) is 0 Å². The number of aryl methyl sites for hydroxylation is 1. The van der Waals surface area contributed by atoms with Crippen LogP contribution in [0.4, 0.5) is 19.0 Å². The fourth-order valence-electron chi connectivity index (χ4n) is 2.20. The van der Waals surface area contributed by atoms with Gasteiger partial charge in [0.2, 0.25) is 0 Å². The van der Waals surface area contributed by atoms with E-state index in [2.05, 4.69) is 20.0 Å². The Morgan fingerprint density at radius 3 is 2.75 bits per heavy atom. The molecule has 0 radical (unpaired) electrons. The van der Waals surface area contributed by atoms with Crippen LogP contribution in [-0.4, -0.2) is 29.3 Å². The van der Waals surface area contributed by atoms with E-state index >= 15 is 0 Å². The fraction of sp³-hybridized carbons (Fsp3) is 0.692. The topological polar surface area (TPSA) is 47.0 Å². The van der Waals surface area contributed by atoms with Gasteiger partial charge in [0.1, 0.15) is 19.0 Å². The number of alkyl halides is 3. The second-order valence-electron chi connectivity index (χ2n) is 4.80. The molecular weight excluding hydrogens is 271 g/mol. The summed E-state index contributed by atoms with van der Waals surface area (Å²) in [5.74, 6) is 1.06. The molecule has 0 bridgehead atoms. The molecule has 4 nitrogen and oxygen atoms in total. The minimum atomic E-state index is -4.32. The third-order valence-corrected chi connectivity index (χ3v) is 3.02. The Balaban J connectivity index is 2.06. The number of anilines is 1. The van der Waals surface area contributed by atoms with Crippen LogP contribution in [0.2, 0.25) is 0 Å². The molecule has 0 atom stereocenters. The van der Waals surface area contributed by atoms with Crippen LogP contribution in [-0.2, 0) is 24.2 Å². The van der Waals surface area contributed by atoms with Gasteiger partial charge in [-0.3, -0.25) is 0 Å². The molecule has 0 saturated carbocycles. The van der Waals surface area contributed by atoms with Crippen molar-refractivity contribution in [2.24, 2.45) is 0 Å². The van der Waals surface area contributed by atoms with Gasteiger partial charge in [0.05, 0.1) is 0 Å². The largest absolute Gasteiger partial charge is 0.411 e. The predicted molar refractivity (Wildman–Crippen MR) is 68.5 cm³/mol. The second kappa shape index (κ2) is 6.39. The van der Waals surface area contributed by atoms with Gasteiger partial charge >= 0.3 is 6.18 Å². The maximum Gasteiger partial charge on any atom is 0.411 e. The van der Waals surface area contributed by atoms with Crippen molar-refractivity contribution in [3.63, 3.8) is 0 Å². The maximum atomic E-state index is 12.0. The van der Waals surface area contributed by atoms with Crippen molar-refractivity contribution in [3.8, 4) is 0 Å². The lowest BCUT2D eigenvalue weighted by Crippen LogP contribution is -2.18. The summed E-state index contributed by atoms with van der Waals surface area (Å²) in [4.78, 5) is 8.59. The lowest BCUT2D eigenvalue weighted by atomic mass is 10.2. The van der Waals surface area contributed by atoms with Crippen LogP contribution in [0.5, 0.6) is 0 Å². The molecule has 1 aromatic rings. The predicted octanol–water partition coefficient (Wildman–Crippen LogP) is 2.87. The minimum absolute atomic E-state index is 0.215. The number of hydrogen-bond acceptors (Lipinski definition) is 4. The van der Waals surface area contributed by atoms with Crippen molar-refractivity contribution in [2.45, 2.75) is 45.4 Å². The summed E-state index contributed by atoms with van der Waals surface area (Å²) in [6.45, 7) is 1.34. The molecule has 0 spiro atoms. The van der Waals surface area contributed by atoms with E-state index in [0.29, 0.717) is 5.82 Å². The second-order valence-corrected chi connectivity index (χ2v) is 4.80. The Morgan fingerprint density at radius 1 is 1.25 bits per heavy atom. The SMILES string of the molecule is CCCNc1nc(COCC(F)(F)F)nc2c1CCC2. The highest BCUT2D eigenvalue weighted by Gasteiger charge is 2.27. The number of hydrogen-bond donors (Lipinski definition) is 1. The molecule has 2 rings (SSSR count). The fourth-order valence-corrected chi connectivity index (χ4v) is 2.20. The summed E-state index contributed by atoms with van der Waals surface area (Å²) < 4.78 is 40.8. The lowest BCUT2D eigenvalue weighted by Gasteiger charge is -2.12. The van der Waals surface area contributed by atoms with Crippen LogP contribution in [0.3, 0.4) is 0 Å². The molecule has 20 heavy (non-hydrogen) atoms. The van der Waals surface area contributed by atoms with Gasteiger partial charge in [-0.1, -0.05) is 6.92 Å². The molecule has 0 aliphatic heterocycles. The molecule has 0 aromatic carbocycles. The molecule has 0 fully saturated rings. The van der Waals surface area contributed by atoms with Crippen LogP contribution in [0.25, 0.3) is 0 Å². The summed E-state index contributed by atoms with van der Waals surface area (Å²) >= 11 is 0. The average molecular weight is 289 g/mol.